The lowest BCUT2D eigenvalue weighted by Gasteiger charge is -2.08. The molecule has 5 nitrogen and oxygen atoms in total. The lowest BCUT2D eigenvalue weighted by molar-refractivity contribution is 0.0952. The molecule has 5 heteroatoms. The second-order valence-electron chi connectivity index (χ2n) is 4.79. The van der Waals surface area contributed by atoms with Crippen LogP contribution in [0.15, 0.2) is 43.2 Å². The van der Waals surface area contributed by atoms with Gasteiger partial charge in [0, 0.05) is 12.2 Å². The number of aromatic nitrogens is 2. The average molecular weight is 282 g/mol. The Morgan fingerprint density at radius 3 is 2.48 bits per heavy atom. The van der Waals surface area contributed by atoms with E-state index < -0.39 is 0 Å². The van der Waals surface area contributed by atoms with E-state index in [1.54, 1.807) is 12.3 Å². The maximum absolute atomic E-state index is 11.7. The topological polar surface area (TPSA) is 66.9 Å². The van der Waals surface area contributed by atoms with Gasteiger partial charge in [0.05, 0.1) is 12.4 Å². The zero-order chi connectivity index (χ0) is 15.2. The minimum Gasteiger partial charge on any atom is -0.347 e. The van der Waals surface area contributed by atoms with Gasteiger partial charge in [-0.2, -0.15) is 0 Å². The minimum atomic E-state index is -0.264. The highest BCUT2D eigenvalue weighted by atomic mass is 16.1. The molecule has 0 saturated heterocycles. The quantitative estimate of drug-likeness (QED) is 0.827. The first-order chi connectivity index (χ1) is 10.1. The van der Waals surface area contributed by atoms with Gasteiger partial charge < -0.3 is 10.6 Å². The molecule has 0 atom stereocenters. The monoisotopic (exact) mass is 282 g/mol. The Labute approximate surface area is 124 Å². The second kappa shape index (κ2) is 6.65. The number of hydrogen-bond acceptors (Lipinski definition) is 4. The molecule has 0 bridgehead atoms. The van der Waals surface area contributed by atoms with Crippen LogP contribution in [0.3, 0.4) is 0 Å². The molecule has 0 aliphatic rings. The van der Waals surface area contributed by atoms with Crippen molar-refractivity contribution in [1.82, 2.24) is 15.3 Å². The number of carbonyl (C=O) groups excluding carboxylic acids is 1. The fourth-order valence-corrected chi connectivity index (χ4v) is 1.96. The first-order valence-corrected chi connectivity index (χ1v) is 6.65. The number of amides is 1. The zero-order valence-corrected chi connectivity index (χ0v) is 12.2. The van der Waals surface area contributed by atoms with Crippen LogP contribution < -0.4 is 10.6 Å². The van der Waals surface area contributed by atoms with Crippen LogP contribution in [0.2, 0.25) is 0 Å². The fraction of sp³-hybridized carbons (Fsp3) is 0.188. The number of anilines is 2. The largest absolute Gasteiger partial charge is 0.347 e. The van der Waals surface area contributed by atoms with E-state index in [9.17, 15) is 4.79 Å². The van der Waals surface area contributed by atoms with Gasteiger partial charge >= 0.3 is 0 Å². The fourth-order valence-electron chi connectivity index (χ4n) is 1.96. The normalized spacial score (nSPS) is 10.0. The third-order valence-corrected chi connectivity index (χ3v) is 2.79. The van der Waals surface area contributed by atoms with E-state index in [0.29, 0.717) is 12.4 Å². The SMILES string of the molecule is C=CCNC(=O)c1cnc(Nc2cc(C)cc(C)c2)cn1. The molecule has 0 aliphatic carbocycles. The molecule has 108 valence electrons. The first-order valence-electron chi connectivity index (χ1n) is 6.65. The van der Waals surface area contributed by atoms with Crippen LogP contribution in [0.4, 0.5) is 11.5 Å². The van der Waals surface area contributed by atoms with Crippen LogP contribution in [-0.4, -0.2) is 22.4 Å². The van der Waals surface area contributed by atoms with Crippen molar-refractivity contribution in [2.24, 2.45) is 0 Å². The Bertz CT molecular complexity index is 630. The van der Waals surface area contributed by atoms with Gasteiger partial charge in [-0.05, 0) is 37.1 Å². The Hall–Kier alpha value is -2.69. The van der Waals surface area contributed by atoms with Gasteiger partial charge in [0.15, 0.2) is 0 Å². The summed E-state index contributed by atoms with van der Waals surface area (Å²) in [5.41, 5.74) is 3.57. The maximum atomic E-state index is 11.7. The van der Waals surface area contributed by atoms with Crippen molar-refractivity contribution in [2.75, 3.05) is 11.9 Å². The van der Waals surface area contributed by atoms with Crippen LogP contribution in [-0.2, 0) is 0 Å². The number of nitrogens with one attached hydrogen (secondary N) is 2. The molecule has 2 N–H and O–H groups in total. The molecular weight excluding hydrogens is 264 g/mol. The highest BCUT2D eigenvalue weighted by molar-refractivity contribution is 5.92. The summed E-state index contributed by atoms with van der Waals surface area (Å²) < 4.78 is 0. The van der Waals surface area contributed by atoms with E-state index in [1.807, 2.05) is 26.0 Å². The number of carbonyl (C=O) groups is 1. The predicted molar refractivity (Wildman–Crippen MR) is 83.8 cm³/mol. The zero-order valence-electron chi connectivity index (χ0n) is 12.2. The molecule has 2 rings (SSSR count). The predicted octanol–water partition coefficient (Wildman–Crippen LogP) is 2.75. The van der Waals surface area contributed by atoms with Crippen molar-refractivity contribution in [1.29, 1.82) is 0 Å². The number of nitrogens with zero attached hydrogens (tertiary/aromatic N) is 2. The highest BCUT2D eigenvalue weighted by Crippen LogP contribution is 2.17. The molecule has 0 spiro atoms. The Balaban J connectivity index is 2.08. The maximum Gasteiger partial charge on any atom is 0.271 e. The summed E-state index contributed by atoms with van der Waals surface area (Å²) >= 11 is 0. The van der Waals surface area contributed by atoms with E-state index in [4.69, 9.17) is 0 Å². The molecule has 0 radical (unpaired) electrons. The van der Waals surface area contributed by atoms with Crippen molar-refractivity contribution in [3.8, 4) is 0 Å². The number of rotatable bonds is 5. The molecule has 0 aliphatic heterocycles. The highest BCUT2D eigenvalue weighted by Gasteiger charge is 2.06. The molecule has 1 heterocycles. The van der Waals surface area contributed by atoms with Gasteiger partial charge in [-0.1, -0.05) is 12.1 Å². The van der Waals surface area contributed by atoms with Crippen LogP contribution in [0.1, 0.15) is 21.6 Å². The summed E-state index contributed by atoms with van der Waals surface area (Å²) in [6, 6.07) is 6.16. The van der Waals surface area contributed by atoms with Gasteiger partial charge in [0.25, 0.3) is 5.91 Å². The Morgan fingerprint density at radius 2 is 1.90 bits per heavy atom. The Kier molecular flexibility index (Phi) is 4.66. The van der Waals surface area contributed by atoms with Gasteiger partial charge in [0.2, 0.25) is 0 Å². The van der Waals surface area contributed by atoms with Crippen molar-refractivity contribution in [3.63, 3.8) is 0 Å². The summed E-state index contributed by atoms with van der Waals surface area (Å²) in [6.07, 6.45) is 4.60. The molecule has 0 unspecified atom stereocenters. The average Bonchev–Trinajstić information content (AvgIpc) is 2.44. The minimum absolute atomic E-state index is 0.264. The molecule has 21 heavy (non-hydrogen) atoms. The van der Waals surface area contributed by atoms with Gasteiger partial charge in [-0.25, -0.2) is 9.97 Å². The Morgan fingerprint density at radius 1 is 1.19 bits per heavy atom. The smallest absolute Gasteiger partial charge is 0.271 e. The second-order valence-corrected chi connectivity index (χ2v) is 4.79. The van der Waals surface area contributed by atoms with Crippen LogP contribution in [0.5, 0.6) is 0 Å². The van der Waals surface area contributed by atoms with E-state index in [-0.39, 0.29) is 11.6 Å². The molecule has 0 fully saturated rings. The van der Waals surface area contributed by atoms with Crippen molar-refractivity contribution < 1.29 is 4.79 Å². The van der Waals surface area contributed by atoms with Crippen molar-refractivity contribution in [3.05, 3.63) is 60.1 Å². The van der Waals surface area contributed by atoms with Crippen molar-refractivity contribution >= 4 is 17.4 Å². The summed E-state index contributed by atoms with van der Waals surface area (Å²) in [6.45, 7) is 8.02. The molecule has 0 saturated carbocycles. The molecule has 1 aromatic carbocycles. The molecule has 1 aromatic heterocycles. The summed E-state index contributed by atoms with van der Waals surface area (Å²) in [7, 11) is 0. The third kappa shape index (κ3) is 4.14. The van der Waals surface area contributed by atoms with E-state index >= 15 is 0 Å². The molecule has 2 aromatic rings. The van der Waals surface area contributed by atoms with E-state index in [2.05, 4.69) is 33.2 Å². The lowest BCUT2D eigenvalue weighted by Crippen LogP contribution is -2.24. The standard InChI is InChI=1S/C16H18N4O/c1-4-5-17-16(21)14-9-19-15(10-18-14)20-13-7-11(2)6-12(3)8-13/h4,6-10H,1,5H2,2-3H3,(H,17,21)(H,19,20). The summed E-state index contributed by atoms with van der Waals surface area (Å²) in [4.78, 5) is 20.0. The van der Waals surface area contributed by atoms with Crippen LogP contribution in [0, 0.1) is 13.8 Å². The lowest BCUT2D eigenvalue weighted by atomic mass is 10.1. The number of hydrogen-bond donors (Lipinski definition) is 2. The molecular formula is C16H18N4O. The van der Waals surface area contributed by atoms with Crippen LogP contribution in [0.25, 0.3) is 0 Å². The van der Waals surface area contributed by atoms with Crippen molar-refractivity contribution in [2.45, 2.75) is 13.8 Å². The first kappa shape index (κ1) is 14.7. The molecule has 1 amide bonds. The summed E-state index contributed by atoms with van der Waals surface area (Å²) in [5, 5.41) is 5.83. The van der Waals surface area contributed by atoms with Crippen LogP contribution >= 0.6 is 0 Å². The number of benzene rings is 1. The van der Waals surface area contributed by atoms with E-state index in [0.717, 1.165) is 5.69 Å². The number of aryl methyl sites for hydroxylation is 2. The van der Waals surface area contributed by atoms with Gasteiger partial charge in [0.1, 0.15) is 11.5 Å². The van der Waals surface area contributed by atoms with Gasteiger partial charge in [-0.3, -0.25) is 4.79 Å². The van der Waals surface area contributed by atoms with Gasteiger partial charge in [-0.15, -0.1) is 6.58 Å². The summed E-state index contributed by atoms with van der Waals surface area (Å²) in [5.74, 6) is 0.334. The van der Waals surface area contributed by atoms with E-state index in [1.165, 1.54) is 17.3 Å². The third-order valence-electron chi connectivity index (χ3n) is 2.79.